The molecule has 3 heteroatoms. The Morgan fingerprint density at radius 3 is 2.81 bits per heavy atom. The van der Waals surface area contributed by atoms with Crippen molar-refractivity contribution in [3.63, 3.8) is 0 Å². The van der Waals surface area contributed by atoms with Gasteiger partial charge >= 0.3 is 0 Å². The predicted molar refractivity (Wildman–Crippen MR) is 66.7 cm³/mol. The summed E-state index contributed by atoms with van der Waals surface area (Å²) < 4.78 is 13.4. The van der Waals surface area contributed by atoms with Crippen molar-refractivity contribution in [1.82, 2.24) is 0 Å². The van der Waals surface area contributed by atoms with Crippen molar-refractivity contribution in [2.24, 2.45) is 5.92 Å². The topological polar surface area (TPSA) is 0 Å². The van der Waals surface area contributed by atoms with Gasteiger partial charge in [-0.15, -0.1) is 11.6 Å². The molecule has 1 aromatic carbocycles. The minimum absolute atomic E-state index is 0.165. The van der Waals surface area contributed by atoms with Crippen LogP contribution in [0, 0.1) is 11.7 Å². The quantitative estimate of drug-likeness (QED) is 0.666. The van der Waals surface area contributed by atoms with Gasteiger partial charge in [0.2, 0.25) is 0 Å². The van der Waals surface area contributed by atoms with E-state index >= 15 is 0 Å². The van der Waals surface area contributed by atoms with E-state index in [1.54, 1.807) is 12.1 Å². The van der Waals surface area contributed by atoms with Crippen molar-refractivity contribution >= 4 is 23.2 Å². The Hall–Kier alpha value is -0.270. The Kier molecular flexibility index (Phi) is 4.10. The molecule has 1 aliphatic rings. The second-order valence-corrected chi connectivity index (χ2v) is 5.48. The molecule has 1 atom stereocenters. The molecule has 0 aliphatic heterocycles. The highest BCUT2D eigenvalue weighted by Crippen LogP contribution is 2.37. The summed E-state index contributed by atoms with van der Waals surface area (Å²) in [7, 11) is 0. The summed E-state index contributed by atoms with van der Waals surface area (Å²) in [5.41, 5.74) is 0.701. The molecule has 16 heavy (non-hydrogen) atoms. The van der Waals surface area contributed by atoms with Gasteiger partial charge in [0.1, 0.15) is 5.82 Å². The van der Waals surface area contributed by atoms with Crippen molar-refractivity contribution in [3.8, 4) is 0 Å². The van der Waals surface area contributed by atoms with Crippen LogP contribution in [0.3, 0.4) is 0 Å². The van der Waals surface area contributed by atoms with Crippen molar-refractivity contribution in [2.75, 3.05) is 0 Å². The molecule has 0 spiro atoms. The summed E-state index contributed by atoms with van der Waals surface area (Å²) in [5.74, 6) is 0.549. The first-order valence-electron chi connectivity index (χ1n) is 5.75. The van der Waals surface area contributed by atoms with E-state index in [1.165, 1.54) is 18.9 Å². The molecule has 1 unspecified atom stereocenters. The lowest BCUT2D eigenvalue weighted by molar-refractivity contribution is 0.588. The van der Waals surface area contributed by atoms with Crippen LogP contribution < -0.4 is 0 Å². The number of alkyl halides is 1. The van der Waals surface area contributed by atoms with Gasteiger partial charge in [0.05, 0.1) is 0 Å². The molecule has 0 heterocycles. The molecule has 0 bridgehead atoms. The van der Waals surface area contributed by atoms with Gasteiger partial charge in [0.15, 0.2) is 0 Å². The fraction of sp³-hybridized carbons (Fsp3) is 0.538. The number of aryl methyl sites for hydroxylation is 1. The van der Waals surface area contributed by atoms with Crippen LogP contribution in [0.2, 0.25) is 5.02 Å². The summed E-state index contributed by atoms with van der Waals surface area (Å²) in [6, 6.07) is 4.71. The van der Waals surface area contributed by atoms with Crippen LogP contribution in [0.25, 0.3) is 0 Å². The Morgan fingerprint density at radius 1 is 1.38 bits per heavy atom. The van der Waals surface area contributed by atoms with Gasteiger partial charge in [-0.25, -0.2) is 4.39 Å². The largest absolute Gasteiger partial charge is 0.207 e. The zero-order valence-electron chi connectivity index (χ0n) is 9.06. The molecular weight excluding hydrogens is 246 g/mol. The van der Waals surface area contributed by atoms with Gasteiger partial charge < -0.3 is 0 Å². The summed E-state index contributed by atoms with van der Waals surface area (Å²) in [5, 5.41) is 0.878. The molecule has 0 radical (unpaired) electrons. The first-order valence-corrected chi connectivity index (χ1v) is 6.56. The lowest BCUT2D eigenvalue weighted by atomic mass is 10.0. The zero-order chi connectivity index (χ0) is 11.5. The van der Waals surface area contributed by atoms with Crippen LogP contribution >= 0.6 is 23.2 Å². The molecule has 1 fully saturated rings. The van der Waals surface area contributed by atoms with Crippen LogP contribution in [0.4, 0.5) is 4.39 Å². The molecule has 0 N–H and O–H groups in total. The van der Waals surface area contributed by atoms with E-state index in [4.69, 9.17) is 23.2 Å². The summed E-state index contributed by atoms with van der Waals surface area (Å²) >= 11 is 12.0. The highest BCUT2D eigenvalue weighted by Gasteiger charge is 2.28. The number of hydrogen-bond acceptors (Lipinski definition) is 0. The molecule has 2 rings (SSSR count). The van der Waals surface area contributed by atoms with Crippen LogP contribution in [-0.2, 0) is 6.42 Å². The monoisotopic (exact) mass is 260 g/mol. The maximum atomic E-state index is 13.4. The first-order chi connectivity index (χ1) is 7.66. The Bertz CT molecular complexity index is 361. The SMILES string of the molecule is Fc1ccc(Cl)cc1CCCC(Cl)C1CC1. The third kappa shape index (κ3) is 3.36. The van der Waals surface area contributed by atoms with Gasteiger partial charge in [-0.2, -0.15) is 0 Å². The molecular formula is C13H15Cl2F. The third-order valence-electron chi connectivity index (χ3n) is 3.07. The lowest BCUT2D eigenvalue weighted by Crippen LogP contribution is -2.02. The molecule has 0 amide bonds. The van der Waals surface area contributed by atoms with E-state index in [0.717, 1.165) is 19.3 Å². The Morgan fingerprint density at radius 2 is 2.12 bits per heavy atom. The molecule has 1 aromatic rings. The van der Waals surface area contributed by atoms with E-state index in [2.05, 4.69) is 0 Å². The fourth-order valence-corrected chi connectivity index (χ4v) is 2.52. The molecule has 1 saturated carbocycles. The van der Waals surface area contributed by atoms with Crippen molar-refractivity contribution in [2.45, 2.75) is 37.5 Å². The number of hydrogen-bond donors (Lipinski definition) is 0. The van der Waals surface area contributed by atoms with E-state index in [-0.39, 0.29) is 11.2 Å². The standard InChI is InChI=1S/C13H15Cl2F/c14-11-6-7-13(16)10(8-11)2-1-3-12(15)9-4-5-9/h6-9,12H,1-5H2. The maximum Gasteiger partial charge on any atom is 0.126 e. The van der Waals surface area contributed by atoms with Crippen LogP contribution in [0.5, 0.6) is 0 Å². The normalized spacial score (nSPS) is 17.4. The number of rotatable bonds is 5. The van der Waals surface area contributed by atoms with Crippen molar-refractivity contribution in [1.29, 1.82) is 0 Å². The fourth-order valence-electron chi connectivity index (χ4n) is 1.92. The van der Waals surface area contributed by atoms with E-state index in [1.807, 2.05) is 0 Å². The van der Waals surface area contributed by atoms with E-state index in [0.29, 0.717) is 16.5 Å². The predicted octanol–water partition coefficient (Wildman–Crippen LogP) is 4.82. The van der Waals surface area contributed by atoms with Crippen molar-refractivity contribution < 1.29 is 4.39 Å². The molecule has 0 aromatic heterocycles. The highest BCUT2D eigenvalue weighted by atomic mass is 35.5. The third-order valence-corrected chi connectivity index (χ3v) is 3.88. The average Bonchev–Trinajstić information content (AvgIpc) is 3.06. The van der Waals surface area contributed by atoms with Crippen LogP contribution in [-0.4, -0.2) is 5.38 Å². The smallest absolute Gasteiger partial charge is 0.126 e. The van der Waals surface area contributed by atoms with Gasteiger partial charge in [0.25, 0.3) is 0 Å². The lowest BCUT2D eigenvalue weighted by Gasteiger charge is -2.08. The summed E-state index contributed by atoms with van der Waals surface area (Å²) in [6.45, 7) is 0. The second-order valence-electron chi connectivity index (χ2n) is 4.48. The van der Waals surface area contributed by atoms with Crippen LogP contribution in [0.1, 0.15) is 31.2 Å². The van der Waals surface area contributed by atoms with Crippen molar-refractivity contribution in [3.05, 3.63) is 34.6 Å². The highest BCUT2D eigenvalue weighted by molar-refractivity contribution is 6.30. The minimum Gasteiger partial charge on any atom is -0.207 e. The van der Waals surface area contributed by atoms with Gasteiger partial charge in [-0.1, -0.05) is 11.6 Å². The maximum absolute atomic E-state index is 13.4. The average molecular weight is 261 g/mol. The number of halogens is 3. The molecule has 0 saturated heterocycles. The van der Waals surface area contributed by atoms with E-state index in [9.17, 15) is 4.39 Å². The van der Waals surface area contributed by atoms with E-state index < -0.39 is 0 Å². The molecule has 88 valence electrons. The second kappa shape index (κ2) is 5.37. The van der Waals surface area contributed by atoms with Gasteiger partial charge in [-0.05, 0) is 61.8 Å². The Balaban J connectivity index is 1.81. The van der Waals surface area contributed by atoms with Crippen LogP contribution in [0.15, 0.2) is 18.2 Å². The molecule has 0 nitrogen and oxygen atoms in total. The first kappa shape index (κ1) is 12.2. The summed E-state index contributed by atoms with van der Waals surface area (Å²) in [6.07, 6.45) is 5.15. The van der Waals surface area contributed by atoms with Gasteiger partial charge in [-0.3, -0.25) is 0 Å². The summed E-state index contributed by atoms with van der Waals surface area (Å²) in [4.78, 5) is 0. The zero-order valence-corrected chi connectivity index (χ0v) is 10.6. The number of benzene rings is 1. The Labute approximate surface area is 106 Å². The minimum atomic E-state index is -0.165. The molecule has 1 aliphatic carbocycles. The van der Waals surface area contributed by atoms with Gasteiger partial charge in [0, 0.05) is 10.4 Å².